The molecule has 0 saturated heterocycles. The Morgan fingerprint density at radius 1 is 1.23 bits per heavy atom. The van der Waals surface area contributed by atoms with Gasteiger partial charge < -0.3 is 10.2 Å². The normalized spacial score (nSPS) is 10.8. The molecular weight excluding hydrogens is 200 g/mol. The molecule has 4 nitrogen and oxygen atoms in total. The number of carboxylic acid groups (broad SMARTS) is 2. The second kappa shape index (κ2) is 5.83. The van der Waals surface area contributed by atoms with Gasteiger partial charge in [-0.1, -0.05) is 20.8 Å². The van der Waals surface area contributed by atoms with E-state index in [1.165, 1.54) is 0 Å². The van der Waals surface area contributed by atoms with E-state index in [9.17, 15) is 9.59 Å². The average molecular weight is 216 g/mol. The summed E-state index contributed by atoms with van der Waals surface area (Å²) in [6, 6.07) is 0. The second-order valence-corrected chi connectivity index (χ2v) is 3.09. The molecule has 0 saturated carbocycles. The molecule has 0 heterocycles. The molecule has 0 aromatic heterocycles. The van der Waals surface area contributed by atoms with Crippen LogP contribution in [0.4, 0.5) is 0 Å². The van der Waals surface area contributed by atoms with Crippen LogP contribution in [0.1, 0.15) is 27.2 Å². The van der Waals surface area contributed by atoms with E-state index in [1.54, 1.807) is 20.8 Å². The van der Waals surface area contributed by atoms with Gasteiger partial charge in [0.2, 0.25) is 0 Å². The first kappa shape index (κ1) is 15.7. The van der Waals surface area contributed by atoms with E-state index < -0.39 is 23.3 Å². The zero-order chi connectivity index (χ0) is 9.94. The molecule has 0 aliphatic carbocycles. The van der Waals surface area contributed by atoms with E-state index in [0.717, 1.165) is 0 Å². The molecule has 2 N–H and O–H groups in total. The number of rotatable bonds is 4. The van der Waals surface area contributed by atoms with Crippen LogP contribution < -0.4 is 0 Å². The van der Waals surface area contributed by atoms with Crippen molar-refractivity contribution in [3.63, 3.8) is 0 Å². The van der Waals surface area contributed by atoms with Gasteiger partial charge in [-0.05, 0) is 12.3 Å². The van der Waals surface area contributed by atoms with Gasteiger partial charge in [-0.15, -0.1) is 0 Å². The summed E-state index contributed by atoms with van der Waals surface area (Å²) in [5, 5.41) is 17.6. The van der Waals surface area contributed by atoms with Gasteiger partial charge >= 0.3 is 49.7 Å². The summed E-state index contributed by atoms with van der Waals surface area (Å²) in [4.78, 5) is 21.5. The summed E-state index contributed by atoms with van der Waals surface area (Å²) in [6.07, 6.45) is 0.106. The first-order valence-electron chi connectivity index (χ1n) is 3.86. The quantitative estimate of drug-likeness (QED) is 0.523. The Morgan fingerprint density at radius 3 is 1.54 bits per heavy atom. The summed E-state index contributed by atoms with van der Waals surface area (Å²) in [6.45, 7) is 4.78. The average Bonchev–Trinajstić information content (AvgIpc) is 1.86. The van der Waals surface area contributed by atoms with Crippen LogP contribution in [0.3, 0.4) is 0 Å². The standard InChI is InChI=1S/C8H14O4.Ca.2H/c1-4-8(5(2)3,6(9)10)7(11)12;;;/h5H,4H2,1-3H3,(H,9,10)(H,11,12);;;. The van der Waals surface area contributed by atoms with Gasteiger partial charge in [0.25, 0.3) is 0 Å². The van der Waals surface area contributed by atoms with Gasteiger partial charge in [0.05, 0.1) is 0 Å². The summed E-state index contributed by atoms with van der Waals surface area (Å²) in [5.41, 5.74) is -1.63. The monoisotopic (exact) mass is 216 g/mol. The summed E-state index contributed by atoms with van der Waals surface area (Å²) >= 11 is 0. The molecule has 0 spiro atoms. The fourth-order valence-corrected chi connectivity index (χ4v) is 1.30. The summed E-state index contributed by atoms with van der Waals surface area (Å²) < 4.78 is 0. The van der Waals surface area contributed by atoms with E-state index >= 15 is 0 Å². The van der Waals surface area contributed by atoms with E-state index in [0.29, 0.717) is 0 Å². The molecule has 0 unspecified atom stereocenters. The molecule has 0 radical (unpaired) electrons. The van der Waals surface area contributed by atoms with E-state index in [-0.39, 0.29) is 44.2 Å². The number of carboxylic acids is 2. The van der Waals surface area contributed by atoms with Crippen molar-refractivity contribution in [1.29, 1.82) is 0 Å². The molecule has 0 fully saturated rings. The number of carbonyl (C=O) groups is 2. The van der Waals surface area contributed by atoms with E-state index in [4.69, 9.17) is 10.2 Å². The maximum atomic E-state index is 10.8. The van der Waals surface area contributed by atoms with Gasteiger partial charge in [0.15, 0.2) is 5.41 Å². The third-order valence-electron chi connectivity index (χ3n) is 2.31. The van der Waals surface area contributed by atoms with Gasteiger partial charge in [0.1, 0.15) is 0 Å². The predicted molar refractivity (Wildman–Crippen MR) is 51.4 cm³/mol. The van der Waals surface area contributed by atoms with Crippen molar-refractivity contribution in [3.8, 4) is 0 Å². The summed E-state index contributed by atoms with van der Waals surface area (Å²) in [5.74, 6) is -2.92. The molecule has 74 valence electrons. The minimum absolute atomic E-state index is 0. The second-order valence-electron chi connectivity index (χ2n) is 3.09. The first-order valence-corrected chi connectivity index (χ1v) is 3.86. The zero-order valence-electron chi connectivity index (χ0n) is 7.50. The van der Waals surface area contributed by atoms with Crippen LogP contribution in [0.25, 0.3) is 0 Å². The Bertz CT molecular complexity index is 186. The molecule has 0 amide bonds. The van der Waals surface area contributed by atoms with Crippen LogP contribution in [-0.4, -0.2) is 59.9 Å². The number of aliphatic carboxylic acids is 2. The SMILES string of the molecule is CCC(C(=O)O)(C(=O)O)C(C)C.[CaH2]. The van der Waals surface area contributed by atoms with E-state index in [1.807, 2.05) is 0 Å². The van der Waals surface area contributed by atoms with Crippen molar-refractivity contribution in [1.82, 2.24) is 0 Å². The Morgan fingerprint density at radius 2 is 1.54 bits per heavy atom. The Kier molecular flexibility index (Phi) is 7.03. The Balaban J connectivity index is 0. The molecule has 0 aromatic rings. The molecule has 0 aliphatic heterocycles. The van der Waals surface area contributed by atoms with Crippen molar-refractivity contribution >= 4 is 49.7 Å². The molecular formula is C8H16CaO4. The molecule has 0 bridgehead atoms. The van der Waals surface area contributed by atoms with Crippen molar-refractivity contribution in [2.75, 3.05) is 0 Å². The van der Waals surface area contributed by atoms with Crippen LogP contribution in [0, 0.1) is 11.3 Å². The minimum atomic E-state index is -1.63. The van der Waals surface area contributed by atoms with Crippen LogP contribution >= 0.6 is 0 Å². The first-order chi connectivity index (χ1) is 5.39. The third kappa shape index (κ3) is 2.82. The molecule has 0 atom stereocenters. The molecule has 0 aromatic carbocycles. The van der Waals surface area contributed by atoms with Gasteiger partial charge in [-0.2, -0.15) is 0 Å². The molecule has 0 rings (SSSR count). The fraction of sp³-hybridized carbons (Fsp3) is 0.750. The Hall–Kier alpha value is 0.200. The van der Waals surface area contributed by atoms with Crippen LogP contribution in [0.15, 0.2) is 0 Å². The summed E-state index contributed by atoms with van der Waals surface area (Å²) in [7, 11) is 0. The van der Waals surface area contributed by atoms with Gasteiger partial charge in [0, 0.05) is 0 Å². The van der Waals surface area contributed by atoms with E-state index in [2.05, 4.69) is 0 Å². The van der Waals surface area contributed by atoms with Crippen LogP contribution in [0.2, 0.25) is 0 Å². The third-order valence-corrected chi connectivity index (χ3v) is 2.31. The van der Waals surface area contributed by atoms with Gasteiger partial charge in [-0.25, -0.2) is 0 Å². The molecule has 5 heteroatoms. The topological polar surface area (TPSA) is 74.6 Å². The van der Waals surface area contributed by atoms with Crippen molar-refractivity contribution in [3.05, 3.63) is 0 Å². The van der Waals surface area contributed by atoms with Crippen LogP contribution in [-0.2, 0) is 9.59 Å². The predicted octanol–water partition coefficient (Wildman–Crippen LogP) is 0.292. The number of hydrogen-bond donors (Lipinski definition) is 2. The van der Waals surface area contributed by atoms with Gasteiger partial charge in [-0.3, -0.25) is 9.59 Å². The van der Waals surface area contributed by atoms with Crippen LogP contribution in [0.5, 0.6) is 0 Å². The molecule has 13 heavy (non-hydrogen) atoms. The van der Waals surface area contributed by atoms with Crippen molar-refractivity contribution in [2.24, 2.45) is 11.3 Å². The van der Waals surface area contributed by atoms with Crippen molar-refractivity contribution < 1.29 is 19.8 Å². The fourth-order valence-electron chi connectivity index (χ4n) is 1.30. The van der Waals surface area contributed by atoms with Crippen molar-refractivity contribution in [2.45, 2.75) is 27.2 Å². The number of hydrogen-bond acceptors (Lipinski definition) is 2. The zero-order valence-corrected chi connectivity index (χ0v) is 7.50. The Labute approximate surface area is 107 Å². The molecule has 0 aliphatic rings. The maximum absolute atomic E-state index is 10.8.